The zero-order chi connectivity index (χ0) is 12.2. The van der Waals surface area contributed by atoms with Gasteiger partial charge in [-0.05, 0) is 67.0 Å². The Morgan fingerprint density at radius 2 is 2.00 bits per heavy atom. The van der Waals surface area contributed by atoms with Gasteiger partial charge in [0.2, 0.25) is 0 Å². The molecule has 0 aromatic rings. The number of likely N-dealkylation sites (tertiary alicyclic amines) is 1. The minimum atomic E-state index is 0.257. The minimum absolute atomic E-state index is 0.257. The van der Waals surface area contributed by atoms with Crippen LogP contribution in [-0.4, -0.2) is 35.6 Å². The maximum absolute atomic E-state index is 3.58. The van der Waals surface area contributed by atoms with Crippen molar-refractivity contribution in [3.63, 3.8) is 0 Å². The smallest absolute Gasteiger partial charge is 0.00965 e. The minimum Gasteiger partial charge on any atom is -0.312 e. The molecule has 0 aliphatic carbocycles. The Balaban J connectivity index is 2.25. The van der Waals surface area contributed by atoms with Crippen LogP contribution in [0.5, 0.6) is 0 Å². The predicted octanol–water partition coefficient (Wildman–Crippen LogP) is 3.03. The normalized spacial score (nSPS) is 25.7. The molecule has 2 heteroatoms. The van der Waals surface area contributed by atoms with Crippen LogP contribution in [0.15, 0.2) is 0 Å². The molecule has 0 amide bonds. The fourth-order valence-corrected chi connectivity index (χ4v) is 2.60. The first kappa shape index (κ1) is 14.0. The summed E-state index contributed by atoms with van der Waals surface area (Å²) in [6, 6.07) is 1.52. The molecule has 0 aromatic carbocycles. The molecule has 0 aromatic heterocycles. The van der Waals surface area contributed by atoms with Crippen molar-refractivity contribution in [2.75, 3.05) is 13.1 Å². The molecule has 2 nitrogen and oxygen atoms in total. The number of hydrogen-bond acceptors (Lipinski definition) is 2. The monoisotopic (exact) mass is 226 g/mol. The lowest BCUT2D eigenvalue weighted by Gasteiger charge is -2.38. The van der Waals surface area contributed by atoms with Crippen molar-refractivity contribution in [1.82, 2.24) is 10.2 Å². The lowest BCUT2D eigenvalue weighted by molar-refractivity contribution is 0.108. The third-order valence-electron chi connectivity index (χ3n) is 3.64. The molecule has 0 radical (unpaired) electrons. The number of nitrogens with one attached hydrogen (secondary N) is 1. The van der Waals surface area contributed by atoms with E-state index < -0.39 is 0 Å². The van der Waals surface area contributed by atoms with Gasteiger partial charge in [-0.2, -0.15) is 0 Å². The molecule has 1 rings (SSSR count). The zero-order valence-electron chi connectivity index (χ0n) is 11.8. The molecule has 2 unspecified atom stereocenters. The molecular formula is C14H30N2. The Bertz CT molecular complexity index is 195. The van der Waals surface area contributed by atoms with Gasteiger partial charge in [0, 0.05) is 17.6 Å². The highest BCUT2D eigenvalue weighted by Crippen LogP contribution is 2.20. The Labute approximate surface area is 102 Å². The van der Waals surface area contributed by atoms with Gasteiger partial charge >= 0.3 is 0 Å². The first-order chi connectivity index (χ1) is 7.40. The Kier molecular flexibility index (Phi) is 5.26. The second-order valence-electron chi connectivity index (χ2n) is 6.40. The van der Waals surface area contributed by atoms with Gasteiger partial charge in [0.05, 0.1) is 0 Å². The van der Waals surface area contributed by atoms with Crippen molar-refractivity contribution in [1.29, 1.82) is 0 Å². The molecule has 1 N–H and O–H groups in total. The second kappa shape index (κ2) is 6.02. The van der Waals surface area contributed by atoms with E-state index in [1.165, 1.54) is 32.2 Å². The summed E-state index contributed by atoms with van der Waals surface area (Å²) in [6.45, 7) is 13.9. The van der Waals surface area contributed by atoms with E-state index in [0.717, 1.165) is 18.6 Å². The summed E-state index contributed by atoms with van der Waals surface area (Å²) in [7, 11) is 0. The summed E-state index contributed by atoms with van der Waals surface area (Å²) < 4.78 is 0. The Hall–Kier alpha value is -0.0800. The molecule has 1 aliphatic heterocycles. The first-order valence-electron chi connectivity index (χ1n) is 6.91. The number of nitrogens with zero attached hydrogens (tertiary/aromatic N) is 1. The van der Waals surface area contributed by atoms with E-state index in [0.29, 0.717) is 0 Å². The van der Waals surface area contributed by atoms with Crippen molar-refractivity contribution in [2.24, 2.45) is 0 Å². The molecule has 96 valence electrons. The summed E-state index contributed by atoms with van der Waals surface area (Å²) >= 11 is 0. The summed E-state index contributed by atoms with van der Waals surface area (Å²) in [6.07, 6.45) is 5.46. The molecule has 0 bridgehead atoms. The maximum atomic E-state index is 3.58. The first-order valence-corrected chi connectivity index (χ1v) is 6.91. The van der Waals surface area contributed by atoms with Crippen LogP contribution >= 0.6 is 0 Å². The van der Waals surface area contributed by atoms with Crippen LogP contribution in [0.2, 0.25) is 0 Å². The van der Waals surface area contributed by atoms with Crippen LogP contribution in [0.25, 0.3) is 0 Å². The summed E-state index contributed by atoms with van der Waals surface area (Å²) in [5.74, 6) is 0. The van der Waals surface area contributed by atoms with Gasteiger partial charge in [0.1, 0.15) is 0 Å². The van der Waals surface area contributed by atoms with Crippen LogP contribution < -0.4 is 5.32 Å². The molecule has 0 spiro atoms. The van der Waals surface area contributed by atoms with E-state index >= 15 is 0 Å². The quantitative estimate of drug-likeness (QED) is 0.792. The SMILES string of the molecule is CC1CCCCN1C(C)CCNC(C)(C)C. The average Bonchev–Trinajstić information content (AvgIpc) is 2.16. The number of rotatable bonds is 4. The number of hydrogen-bond donors (Lipinski definition) is 1. The molecular weight excluding hydrogens is 196 g/mol. The van der Waals surface area contributed by atoms with Crippen molar-refractivity contribution in [3.05, 3.63) is 0 Å². The van der Waals surface area contributed by atoms with E-state index in [2.05, 4.69) is 44.8 Å². The van der Waals surface area contributed by atoms with Gasteiger partial charge in [-0.25, -0.2) is 0 Å². The molecule has 1 fully saturated rings. The van der Waals surface area contributed by atoms with Crippen LogP contribution in [0.1, 0.15) is 60.3 Å². The van der Waals surface area contributed by atoms with Gasteiger partial charge in [-0.1, -0.05) is 6.42 Å². The van der Waals surface area contributed by atoms with Crippen molar-refractivity contribution < 1.29 is 0 Å². The van der Waals surface area contributed by atoms with Crippen LogP contribution in [-0.2, 0) is 0 Å². The van der Waals surface area contributed by atoms with Gasteiger partial charge in [-0.15, -0.1) is 0 Å². The highest BCUT2D eigenvalue weighted by molar-refractivity contribution is 4.79. The Morgan fingerprint density at radius 3 is 2.56 bits per heavy atom. The lowest BCUT2D eigenvalue weighted by Crippen LogP contribution is -2.45. The predicted molar refractivity (Wildman–Crippen MR) is 71.9 cm³/mol. The molecule has 2 atom stereocenters. The van der Waals surface area contributed by atoms with Gasteiger partial charge in [0.15, 0.2) is 0 Å². The molecule has 16 heavy (non-hydrogen) atoms. The fourth-order valence-electron chi connectivity index (χ4n) is 2.60. The molecule has 0 saturated carbocycles. The van der Waals surface area contributed by atoms with Crippen LogP contribution in [0, 0.1) is 0 Å². The van der Waals surface area contributed by atoms with E-state index in [4.69, 9.17) is 0 Å². The largest absolute Gasteiger partial charge is 0.312 e. The summed E-state index contributed by atoms with van der Waals surface area (Å²) in [5, 5.41) is 3.58. The molecule has 1 saturated heterocycles. The van der Waals surface area contributed by atoms with Gasteiger partial charge in [0.25, 0.3) is 0 Å². The Morgan fingerprint density at radius 1 is 1.31 bits per heavy atom. The van der Waals surface area contributed by atoms with Crippen molar-refractivity contribution in [2.45, 2.75) is 77.9 Å². The third kappa shape index (κ3) is 4.84. The second-order valence-corrected chi connectivity index (χ2v) is 6.40. The standard InChI is InChI=1S/C14H30N2/c1-12-8-6-7-11-16(12)13(2)9-10-15-14(3,4)5/h12-13,15H,6-11H2,1-5H3. The topological polar surface area (TPSA) is 15.3 Å². The molecule has 1 aliphatic rings. The highest BCUT2D eigenvalue weighted by atomic mass is 15.2. The maximum Gasteiger partial charge on any atom is 0.00965 e. The van der Waals surface area contributed by atoms with Gasteiger partial charge < -0.3 is 5.32 Å². The number of piperidine rings is 1. The highest BCUT2D eigenvalue weighted by Gasteiger charge is 2.22. The zero-order valence-corrected chi connectivity index (χ0v) is 11.8. The van der Waals surface area contributed by atoms with E-state index in [1.807, 2.05) is 0 Å². The van der Waals surface area contributed by atoms with Crippen molar-refractivity contribution in [3.8, 4) is 0 Å². The summed E-state index contributed by atoms with van der Waals surface area (Å²) in [4.78, 5) is 2.69. The van der Waals surface area contributed by atoms with Crippen molar-refractivity contribution >= 4 is 0 Å². The van der Waals surface area contributed by atoms with Crippen LogP contribution in [0.3, 0.4) is 0 Å². The van der Waals surface area contributed by atoms with Gasteiger partial charge in [-0.3, -0.25) is 4.90 Å². The molecule has 1 heterocycles. The summed E-state index contributed by atoms with van der Waals surface area (Å²) in [5.41, 5.74) is 0.257. The van der Waals surface area contributed by atoms with E-state index in [9.17, 15) is 0 Å². The van der Waals surface area contributed by atoms with E-state index in [1.54, 1.807) is 0 Å². The fraction of sp³-hybridized carbons (Fsp3) is 1.00. The van der Waals surface area contributed by atoms with Crippen LogP contribution in [0.4, 0.5) is 0 Å². The lowest BCUT2D eigenvalue weighted by atomic mass is 10.00. The third-order valence-corrected chi connectivity index (χ3v) is 3.64. The average molecular weight is 226 g/mol. The van der Waals surface area contributed by atoms with E-state index in [-0.39, 0.29) is 5.54 Å².